The maximum absolute atomic E-state index is 6.00. The predicted molar refractivity (Wildman–Crippen MR) is 75.5 cm³/mol. The van der Waals surface area contributed by atoms with Crippen molar-refractivity contribution in [3.8, 4) is 0 Å². The Hall–Kier alpha value is -1.49. The van der Waals surface area contributed by atoms with Gasteiger partial charge in [0.25, 0.3) is 0 Å². The number of nitrogens with two attached hydrogens (primary N) is 2. The third kappa shape index (κ3) is 3.04. The summed E-state index contributed by atoms with van der Waals surface area (Å²) in [6.07, 6.45) is 8.03. The van der Waals surface area contributed by atoms with Gasteiger partial charge in [-0.25, -0.2) is 4.68 Å². The van der Waals surface area contributed by atoms with Gasteiger partial charge >= 0.3 is 0 Å². The largest absolute Gasteiger partial charge is 0.394 e. The van der Waals surface area contributed by atoms with Crippen LogP contribution in [0.25, 0.3) is 0 Å². The molecule has 0 saturated carbocycles. The predicted octanol–water partition coefficient (Wildman–Crippen LogP) is 1.36. The molecule has 1 aromatic rings. The Kier molecular flexibility index (Phi) is 3.61. The summed E-state index contributed by atoms with van der Waals surface area (Å²) in [6, 6.07) is 0. The van der Waals surface area contributed by atoms with E-state index in [1.807, 2.05) is 4.68 Å². The van der Waals surface area contributed by atoms with Crippen LogP contribution < -0.4 is 16.4 Å². The number of aromatic nitrogens is 2. The van der Waals surface area contributed by atoms with Gasteiger partial charge in [-0.15, -0.1) is 0 Å². The minimum Gasteiger partial charge on any atom is -0.394 e. The summed E-state index contributed by atoms with van der Waals surface area (Å²) in [4.78, 5) is 2.23. The van der Waals surface area contributed by atoms with Gasteiger partial charge in [-0.3, -0.25) is 0 Å². The van der Waals surface area contributed by atoms with Crippen molar-refractivity contribution in [3.05, 3.63) is 18.3 Å². The summed E-state index contributed by atoms with van der Waals surface area (Å²) < 4.78 is 1.99. The highest BCUT2D eigenvalue weighted by Gasteiger charge is 2.17. The molecule has 0 saturated heterocycles. The number of hydrogen-bond acceptors (Lipinski definition) is 4. The van der Waals surface area contributed by atoms with Crippen LogP contribution in [0.15, 0.2) is 18.3 Å². The minimum atomic E-state index is -0.117. The molecule has 1 aliphatic rings. The lowest BCUT2D eigenvalue weighted by atomic mass is 10.0. The monoisotopic (exact) mass is 249 g/mol. The first-order valence-electron chi connectivity index (χ1n) is 6.47. The van der Waals surface area contributed by atoms with Crippen LogP contribution in [0, 0.1) is 0 Å². The van der Waals surface area contributed by atoms with E-state index in [2.05, 4.69) is 36.0 Å². The van der Waals surface area contributed by atoms with E-state index in [1.54, 1.807) is 6.20 Å². The van der Waals surface area contributed by atoms with E-state index in [9.17, 15) is 0 Å². The third-order valence-electron chi connectivity index (χ3n) is 3.15. The molecule has 1 aliphatic heterocycles. The zero-order chi connectivity index (χ0) is 13.2. The topological polar surface area (TPSA) is 73.1 Å². The van der Waals surface area contributed by atoms with Crippen LogP contribution in [0.2, 0.25) is 0 Å². The summed E-state index contributed by atoms with van der Waals surface area (Å²) in [7, 11) is 0. The summed E-state index contributed by atoms with van der Waals surface area (Å²) in [6.45, 7) is 6.80. The molecule has 0 aromatic carbocycles. The fourth-order valence-electron chi connectivity index (χ4n) is 2.24. The molecule has 0 radical (unpaired) electrons. The molecule has 2 rings (SSSR count). The van der Waals surface area contributed by atoms with E-state index in [4.69, 9.17) is 11.5 Å². The van der Waals surface area contributed by atoms with E-state index in [1.165, 1.54) is 0 Å². The lowest BCUT2D eigenvalue weighted by molar-refractivity contribution is 0.428. The first-order chi connectivity index (χ1) is 8.47. The van der Waals surface area contributed by atoms with Gasteiger partial charge in [-0.05, 0) is 26.7 Å². The summed E-state index contributed by atoms with van der Waals surface area (Å²) in [5.74, 6) is 1.04. The first kappa shape index (κ1) is 13.0. The molecule has 2 heterocycles. The van der Waals surface area contributed by atoms with Crippen LogP contribution in [0.3, 0.4) is 0 Å². The Morgan fingerprint density at radius 3 is 2.61 bits per heavy atom. The number of rotatable bonds is 5. The maximum atomic E-state index is 6.00. The highest BCUT2D eigenvalue weighted by atomic mass is 15.4. The van der Waals surface area contributed by atoms with E-state index >= 15 is 0 Å². The molecule has 0 unspecified atom stereocenters. The van der Waals surface area contributed by atoms with Crippen LogP contribution in [-0.2, 0) is 6.54 Å². The summed E-state index contributed by atoms with van der Waals surface area (Å²) >= 11 is 0. The number of nitrogen functional groups attached to an aromatic ring is 1. The van der Waals surface area contributed by atoms with E-state index in [-0.39, 0.29) is 5.54 Å². The number of hydrogen-bond donors (Lipinski definition) is 2. The molecule has 1 aromatic heterocycles. The molecule has 100 valence electrons. The standard InChI is InChI=1S/C13H23N5/c1-13(2,15)6-5-9-18-12(11(14)10-16-18)17-7-3-4-8-17/h3-4,10H,5-9,14-15H2,1-2H3. The normalized spacial score (nSPS) is 15.6. The van der Waals surface area contributed by atoms with Crippen molar-refractivity contribution in [1.82, 2.24) is 9.78 Å². The van der Waals surface area contributed by atoms with Gasteiger partial charge < -0.3 is 16.4 Å². The van der Waals surface area contributed by atoms with Crippen LogP contribution in [0.5, 0.6) is 0 Å². The SMILES string of the molecule is CC(C)(N)CCCn1ncc(N)c1N1CC=CC1. The molecule has 0 aliphatic carbocycles. The first-order valence-corrected chi connectivity index (χ1v) is 6.47. The fourth-order valence-corrected chi connectivity index (χ4v) is 2.24. The highest BCUT2D eigenvalue weighted by molar-refractivity contribution is 5.63. The zero-order valence-corrected chi connectivity index (χ0v) is 11.3. The van der Waals surface area contributed by atoms with Gasteiger partial charge in [0.15, 0.2) is 5.82 Å². The molecular formula is C13H23N5. The molecule has 18 heavy (non-hydrogen) atoms. The van der Waals surface area contributed by atoms with E-state index in [0.717, 1.165) is 44.0 Å². The number of nitrogens with zero attached hydrogens (tertiary/aromatic N) is 3. The maximum Gasteiger partial charge on any atom is 0.150 e. The molecule has 0 atom stereocenters. The zero-order valence-electron chi connectivity index (χ0n) is 11.3. The van der Waals surface area contributed by atoms with Crippen molar-refractivity contribution in [1.29, 1.82) is 0 Å². The van der Waals surface area contributed by atoms with Crippen LogP contribution in [-0.4, -0.2) is 28.4 Å². The van der Waals surface area contributed by atoms with Gasteiger partial charge in [0.05, 0.1) is 11.9 Å². The second-order valence-corrected chi connectivity index (χ2v) is 5.62. The molecule has 0 spiro atoms. The molecule has 5 nitrogen and oxygen atoms in total. The lowest BCUT2D eigenvalue weighted by Gasteiger charge is -2.21. The van der Waals surface area contributed by atoms with Crippen molar-refractivity contribution < 1.29 is 0 Å². The van der Waals surface area contributed by atoms with E-state index < -0.39 is 0 Å². The molecule has 4 N–H and O–H groups in total. The Labute approximate surface area is 108 Å². The fraction of sp³-hybridized carbons (Fsp3) is 0.615. The van der Waals surface area contributed by atoms with Gasteiger partial charge in [0, 0.05) is 25.2 Å². The Bertz CT molecular complexity index is 419. The smallest absolute Gasteiger partial charge is 0.150 e. The minimum absolute atomic E-state index is 0.117. The Morgan fingerprint density at radius 1 is 1.33 bits per heavy atom. The molecule has 0 amide bonds. The molecule has 5 heteroatoms. The number of anilines is 2. The van der Waals surface area contributed by atoms with Gasteiger partial charge in [-0.1, -0.05) is 12.2 Å². The average Bonchev–Trinajstić information content (AvgIpc) is 2.86. The van der Waals surface area contributed by atoms with Crippen LogP contribution >= 0.6 is 0 Å². The summed E-state index contributed by atoms with van der Waals surface area (Å²) in [5, 5.41) is 4.36. The average molecular weight is 249 g/mol. The van der Waals surface area contributed by atoms with Crippen LogP contribution in [0.4, 0.5) is 11.5 Å². The number of aryl methyl sites for hydroxylation is 1. The molecular weight excluding hydrogens is 226 g/mol. The van der Waals surface area contributed by atoms with Gasteiger partial charge in [0.1, 0.15) is 0 Å². The van der Waals surface area contributed by atoms with Crippen LogP contribution in [0.1, 0.15) is 26.7 Å². The van der Waals surface area contributed by atoms with Crippen molar-refractivity contribution in [2.75, 3.05) is 23.7 Å². The Balaban J connectivity index is 2.00. The highest BCUT2D eigenvalue weighted by Crippen LogP contribution is 2.25. The van der Waals surface area contributed by atoms with Crippen molar-refractivity contribution >= 4 is 11.5 Å². The van der Waals surface area contributed by atoms with Crippen molar-refractivity contribution in [2.24, 2.45) is 5.73 Å². The van der Waals surface area contributed by atoms with E-state index in [0.29, 0.717) is 0 Å². The molecule has 0 fully saturated rings. The summed E-state index contributed by atoms with van der Waals surface area (Å²) in [5.41, 5.74) is 12.6. The second-order valence-electron chi connectivity index (χ2n) is 5.62. The lowest BCUT2D eigenvalue weighted by Crippen LogP contribution is -2.32. The van der Waals surface area contributed by atoms with Crippen molar-refractivity contribution in [2.45, 2.75) is 38.8 Å². The third-order valence-corrected chi connectivity index (χ3v) is 3.15. The second kappa shape index (κ2) is 5.02. The Morgan fingerprint density at radius 2 is 2.00 bits per heavy atom. The molecule has 0 bridgehead atoms. The van der Waals surface area contributed by atoms with Crippen molar-refractivity contribution in [3.63, 3.8) is 0 Å². The van der Waals surface area contributed by atoms with Gasteiger partial charge in [0.2, 0.25) is 0 Å². The quantitative estimate of drug-likeness (QED) is 0.773. The van der Waals surface area contributed by atoms with Gasteiger partial charge in [-0.2, -0.15) is 5.10 Å².